The van der Waals surface area contributed by atoms with E-state index in [9.17, 15) is 13.6 Å². The molecule has 0 aromatic heterocycles. The molecule has 114 valence electrons. The van der Waals surface area contributed by atoms with Gasteiger partial charge in [0.05, 0.1) is 12.6 Å². The zero-order valence-electron chi connectivity index (χ0n) is 12.0. The van der Waals surface area contributed by atoms with Crippen LogP contribution in [0.5, 0.6) is 5.75 Å². The van der Waals surface area contributed by atoms with Crippen LogP contribution in [0.2, 0.25) is 0 Å². The zero-order chi connectivity index (χ0) is 15.7. The van der Waals surface area contributed by atoms with Gasteiger partial charge in [0, 0.05) is 11.1 Å². The highest BCUT2D eigenvalue weighted by molar-refractivity contribution is 5.95. The van der Waals surface area contributed by atoms with Gasteiger partial charge in [-0.3, -0.25) is 4.79 Å². The molecule has 0 atom stereocenters. The highest BCUT2D eigenvalue weighted by Crippen LogP contribution is 2.48. The van der Waals surface area contributed by atoms with Gasteiger partial charge in [0.1, 0.15) is 5.75 Å². The Morgan fingerprint density at radius 3 is 2.50 bits per heavy atom. The highest BCUT2D eigenvalue weighted by Gasteiger charge is 2.47. The Morgan fingerprint density at radius 1 is 1.14 bits per heavy atom. The van der Waals surface area contributed by atoms with Crippen molar-refractivity contribution < 1.29 is 18.3 Å². The van der Waals surface area contributed by atoms with E-state index in [4.69, 9.17) is 4.74 Å². The summed E-state index contributed by atoms with van der Waals surface area (Å²) >= 11 is 0. The molecule has 1 amide bonds. The number of para-hydroxylation sites is 1. The maximum Gasteiger partial charge on any atom is 0.252 e. The summed E-state index contributed by atoms with van der Waals surface area (Å²) in [7, 11) is 1.58. The molecule has 2 aromatic carbocycles. The van der Waals surface area contributed by atoms with E-state index in [0.29, 0.717) is 5.75 Å². The van der Waals surface area contributed by atoms with E-state index < -0.39 is 23.1 Å². The average Bonchev–Trinajstić information content (AvgIpc) is 3.30. The number of carbonyl (C=O) groups is 1. The lowest BCUT2D eigenvalue weighted by molar-refractivity contribution is 0.0929. The number of rotatable bonds is 4. The molecule has 0 heterocycles. The predicted molar refractivity (Wildman–Crippen MR) is 77.7 cm³/mol. The minimum atomic E-state index is -1.03. The molecule has 0 aliphatic heterocycles. The van der Waals surface area contributed by atoms with E-state index in [1.165, 1.54) is 6.07 Å². The monoisotopic (exact) mass is 303 g/mol. The van der Waals surface area contributed by atoms with E-state index in [0.717, 1.165) is 30.5 Å². The molecule has 5 heteroatoms. The number of nitrogens with one attached hydrogen (secondary N) is 1. The van der Waals surface area contributed by atoms with E-state index in [-0.39, 0.29) is 5.56 Å². The number of benzene rings is 2. The summed E-state index contributed by atoms with van der Waals surface area (Å²) in [5.74, 6) is -1.73. The maximum absolute atomic E-state index is 13.3. The van der Waals surface area contributed by atoms with Crippen molar-refractivity contribution in [3.8, 4) is 5.75 Å². The number of methoxy groups -OCH3 is 1. The second-order valence-corrected chi connectivity index (χ2v) is 5.37. The minimum Gasteiger partial charge on any atom is -0.496 e. The first-order chi connectivity index (χ1) is 10.6. The quantitative estimate of drug-likeness (QED) is 0.940. The number of hydrogen-bond donors (Lipinski definition) is 1. The third-order valence-electron chi connectivity index (χ3n) is 3.91. The Morgan fingerprint density at radius 2 is 1.86 bits per heavy atom. The van der Waals surface area contributed by atoms with Gasteiger partial charge in [-0.15, -0.1) is 0 Å². The molecule has 1 fully saturated rings. The number of amides is 1. The lowest BCUT2D eigenvalue weighted by Crippen LogP contribution is -2.35. The van der Waals surface area contributed by atoms with E-state index in [1.807, 2.05) is 24.3 Å². The third-order valence-corrected chi connectivity index (χ3v) is 3.91. The zero-order valence-corrected chi connectivity index (χ0v) is 12.0. The van der Waals surface area contributed by atoms with Crippen molar-refractivity contribution in [3.63, 3.8) is 0 Å². The standard InChI is InChI=1S/C17H15F2NO2/c1-22-15-5-3-2-4-12(15)17(8-9-17)20-16(21)11-6-7-13(18)14(19)10-11/h2-7,10H,8-9H2,1H3,(H,20,21). The molecular weight excluding hydrogens is 288 g/mol. The number of ether oxygens (including phenoxy) is 1. The molecule has 3 rings (SSSR count). The molecule has 0 spiro atoms. The van der Waals surface area contributed by atoms with Crippen LogP contribution in [0.4, 0.5) is 8.78 Å². The summed E-state index contributed by atoms with van der Waals surface area (Å²) in [6.45, 7) is 0. The van der Waals surface area contributed by atoms with Crippen LogP contribution < -0.4 is 10.1 Å². The average molecular weight is 303 g/mol. The van der Waals surface area contributed by atoms with E-state index >= 15 is 0 Å². The van der Waals surface area contributed by atoms with Crippen LogP contribution in [0.25, 0.3) is 0 Å². The number of carbonyl (C=O) groups excluding carboxylic acids is 1. The van der Waals surface area contributed by atoms with Crippen LogP contribution >= 0.6 is 0 Å². The summed E-state index contributed by atoms with van der Waals surface area (Å²) in [5.41, 5.74) is 0.502. The molecule has 1 aliphatic carbocycles. The van der Waals surface area contributed by atoms with Crippen LogP contribution in [0, 0.1) is 11.6 Å². The fourth-order valence-electron chi connectivity index (χ4n) is 2.55. The van der Waals surface area contributed by atoms with Crippen molar-refractivity contribution in [2.75, 3.05) is 7.11 Å². The van der Waals surface area contributed by atoms with Crippen LogP contribution in [-0.4, -0.2) is 13.0 Å². The van der Waals surface area contributed by atoms with Gasteiger partial charge in [-0.25, -0.2) is 8.78 Å². The highest BCUT2D eigenvalue weighted by atomic mass is 19.2. The molecule has 1 N–H and O–H groups in total. The lowest BCUT2D eigenvalue weighted by atomic mass is 10.0. The topological polar surface area (TPSA) is 38.3 Å². The lowest BCUT2D eigenvalue weighted by Gasteiger charge is -2.20. The fraction of sp³-hybridized carbons (Fsp3) is 0.235. The SMILES string of the molecule is COc1ccccc1C1(NC(=O)c2ccc(F)c(F)c2)CC1. The fourth-order valence-corrected chi connectivity index (χ4v) is 2.55. The van der Waals surface area contributed by atoms with Gasteiger partial charge in [-0.2, -0.15) is 0 Å². The number of halogens is 2. The molecule has 0 radical (unpaired) electrons. The Hall–Kier alpha value is -2.43. The Kier molecular flexibility index (Phi) is 3.56. The van der Waals surface area contributed by atoms with Gasteiger partial charge in [-0.05, 0) is 37.1 Å². The minimum absolute atomic E-state index is 0.0973. The normalized spacial score (nSPS) is 15.2. The van der Waals surface area contributed by atoms with Crippen molar-refractivity contribution in [1.29, 1.82) is 0 Å². The second-order valence-electron chi connectivity index (χ2n) is 5.37. The predicted octanol–water partition coefficient (Wildman–Crippen LogP) is 3.39. The first-order valence-electron chi connectivity index (χ1n) is 6.97. The van der Waals surface area contributed by atoms with Crippen molar-refractivity contribution >= 4 is 5.91 Å². The van der Waals surface area contributed by atoms with Crippen molar-refractivity contribution in [3.05, 3.63) is 65.2 Å². The summed E-state index contributed by atoms with van der Waals surface area (Å²) in [4.78, 5) is 12.3. The summed E-state index contributed by atoms with van der Waals surface area (Å²) in [5, 5.41) is 2.91. The summed E-state index contributed by atoms with van der Waals surface area (Å²) in [6.07, 6.45) is 1.56. The smallest absolute Gasteiger partial charge is 0.252 e. The van der Waals surface area contributed by atoms with Gasteiger partial charge < -0.3 is 10.1 Å². The molecule has 0 unspecified atom stereocenters. The molecule has 0 saturated heterocycles. The largest absolute Gasteiger partial charge is 0.496 e. The van der Waals surface area contributed by atoms with E-state index in [1.54, 1.807) is 7.11 Å². The van der Waals surface area contributed by atoms with Gasteiger partial charge in [0.2, 0.25) is 0 Å². The van der Waals surface area contributed by atoms with Crippen LogP contribution in [-0.2, 0) is 5.54 Å². The van der Waals surface area contributed by atoms with Gasteiger partial charge in [-0.1, -0.05) is 18.2 Å². The summed E-state index contributed by atoms with van der Waals surface area (Å²) in [6, 6.07) is 10.6. The Bertz CT molecular complexity index is 726. The second kappa shape index (κ2) is 5.40. The maximum atomic E-state index is 13.3. The molecule has 0 bridgehead atoms. The van der Waals surface area contributed by atoms with Gasteiger partial charge in [0.25, 0.3) is 5.91 Å². The Labute approximate surface area is 126 Å². The van der Waals surface area contributed by atoms with Gasteiger partial charge in [0.15, 0.2) is 11.6 Å². The van der Waals surface area contributed by atoms with Crippen LogP contribution in [0.1, 0.15) is 28.8 Å². The molecule has 22 heavy (non-hydrogen) atoms. The molecular formula is C17H15F2NO2. The third kappa shape index (κ3) is 2.54. The van der Waals surface area contributed by atoms with Crippen molar-refractivity contribution in [2.45, 2.75) is 18.4 Å². The van der Waals surface area contributed by atoms with Crippen molar-refractivity contribution in [2.24, 2.45) is 0 Å². The Balaban J connectivity index is 1.85. The number of hydrogen-bond acceptors (Lipinski definition) is 2. The molecule has 1 aliphatic rings. The van der Waals surface area contributed by atoms with Crippen molar-refractivity contribution in [1.82, 2.24) is 5.32 Å². The molecule has 1 saturated carbocycles. The van der Waals surface area contributed by atoms with Crippen LogP contribution in [0.15, 0.2) is 42.5 Å². The first-order valence-corrected chi connectivity index (χ1v) is 6.97. The molecule has 3 nitrogen and oxygen atoms in total. The first kappa shape index (κ1) is 14.5. The van der Waals surface area contributed by atoms with Crippen LogP contribution in [0.3, 0.4) is 0 Å². The molecule has 2 aromatic rings. The summed E-state index contributed by atoms with van der Waals surface area (Å²) < 4.78 is 31.5. The van der Waals surface area contributed by atoms with Gasteiger partial charge >= 0.3 is 0 Å². The van der Waals surface area contributed by atoms with E-state index in [2.05, 4.69) is 5.32 Å².